The van der Waals surface area contributed by atoms with Gasteiger partial charge < -0.3 is 15.0 Å². The van der Waals surface area contributed by atoms with Crippen LogP contribution >= 0.6 is 0 Å². The van der Waals surface area contributed by atoms with Gasteiger partial charge >= 0.3 is 5.97 Å². The Morgan fingerprint density at radius 1 is 1.35 bits per heavy atom. The molecule has 0 fully saturated rings. The molecule has 1 aromatic heterocycles. The minimum absolute atomic E-state index is 0.361. The highest BCUT2D eigenvalue weighted by molar-refractivity contribution is 5.88. The van der Waals surface area contributed by atoms with E-state index in [9.17, 15) is 4.79 Å². The number of hydrogen-bond donors (Lipinski definition) is 1. The number of methoxy groups -OCH3 is 1. The normalized spacial score (nSPS) is 15.9. The Hall–Kier alpha value is -1.85. The molecule has 0 saturated carbocycles. The molecule has 2 heterocycles. The number of rotatable bonds is 4. The largest absolute Gasteiger partial charge is 0.468 e. The van der Waals surface area contributed by atoms with E-state index in [-0.39, 0.29) is 5.97 Å². The molecule has 124 valence electrons. The molecule has 2 N–H and O–H groups in total. The number of nitrogens with zero attached hydrogens (tertiary/aromatic N) is 2. The summed E-state index contributed by atoms with van der Waals surface area (Å²) in [6, 6.07) is 3.96. The number of nitrogens with two attached hydrogens (primary N) is 1. The molecule has 0 aliphatic carbocycles. The van der Waals surface area contributed by atoms with Gasteiger partial charge in [-0.15, -0.1) is 0 Å². The van der Waals surface area contributed by atoms with E-state index in [1.54, 1.807) is 0 Å². The van der Waals surface area contributed by atoms with Gasteiger partial charge in [0, 0.05) is 43.2 Å². The van der Waals surface area contributed by atoms with Crippen LogP contribution in [-0.4, -0.2) is 35.1 Å². The Morgan fingerprint density at radius 2 is 2.00 bits per heavy atom. The lowest BCUT2D eigenvalue weighted by Gasteiger charge is -2.10. The van der Waals surface area contributed by atoms with Crippen molar-refractivity contribution in [3.63, 3.8) is 0 Å². The summed E-state index contributed by atoms with van der Waals surface area (Å²) in [5.74, 6) is -0.361. The van der Waals surface area contributed by atoms with Crippen LogP contribution in [0.3, 0.4) is 0 Å². The van der Waals surface area contributed by atoms with Gasteiger partial charge in [-0.25, -0.2) is 0 Å². The summed E-state index contributed by atoms with van der Waals surface area (Å²) in [5.41, 5.74) is 12.3. The predicted molar refractivity (Wildman–Crippen MR) is 91.1 cm³/mol. The molecule has 0 bridgehead atoms. The Kier molecular flexibility index (Phi) is 4.17. The number of aryl methyl sites for hydroxylation is 1. The highest BCUT2D eigenvalue weighted by atomic mass is 16.5. The van der Waals surface area contributed by atoms with Crippen LogP contribution in [0.4, 0.5) is 0 Å². The second kappa shape index (κ2) is 5.98. The zero-order chi connectivity index (χ0) is 16.7. The molecule has 23 heavy (non-hydrogen) atoms. The summed E-state index contributed by atoms with van der Waals surface area (Å²) >= 11 is 0. The Bertz CT molecular complexity index is 763. The molecule has 0 spiro atoms. The Morgan fingerprint density at radius 3 is 2.61 bits per heavy atom. The highest BCUT2D eigenvalue weighted by Crippen LogP contribution is 2.32. The first kappa shape index (κ1) is 16.0. The van der Waals surface area contributed by atoms with Crippen molar-refractivity contribution in [2.75, 3.05) is 13.7 Å². The molecule has 2 aromatic rings. The number of ether oxygens (including phenoxy) is 1. The number of hydrogen-bond acceptors (Lipinski definition) is 4. The standard InChI is InChI=1S/C18H25N3O2/c1-5-21-9-12-6-15-14(8-16(19)18(22)23-4)11(2)20(3)17(15)7-13(12)10-21/h6-7,16H,5,8-10,19H2,1-4H3. The third-order valence-corrected chi connectivity index (χ3v) is 5.11. The first-order valence-electron chi connectivity index (χ1n) is 8.11. The highest BCUT2D eigenvalue weighted by Gasteiger charge is 2.23. The van der Waals surface area contributed by atoms with Gasteiger partial charge in [0.15, 0.2) is 0 Å². The minimum atomic E-state index is -0.621. The average Bonchev–Trinajstić information content (AvgIpc) is 3.06. The van der Waals surface area contributed by atoms with Crippen molar-refractivity contribution in [1.82, 2.24) is 9.47 Å². The Balaban J connectivity index is 2.05. The van der Waals surface area contributed by atoms with Gasteiger partial charge in [-0.3, -0.25) is 9.69 Å². The number of fused-ring (bicyclic) bond motifs is 2. The van der Waals surface area contributed by atoms with Crippen LogP contribution in [0.1, 0.15) is 29.3 Å². The van der Waals surface area contributed by atoms with E-state index < -0.39 is 6.04 Å². The third-order valence-electron chi connectivity index (χ3n) is 5.11. The molecule has 5 nitrogen and oxygen atoms in total. The number of benzene rings is 1. The molecule has 0 radical (unpaired) electrons. The average molecular weight is 315 g/mol. The van der Waals surface area contributed by atoms with Gasteiger partial charge in [0.1, 0.15) is 6.04 Å². The van der Waals surface area contributed by atoms with Crippen molar-refractivity contribution >= 4 is 16.9 Å². The van der Waals surface area contributed by atoms with Crippen LogP contribution in [0, 0.1) is 6.92 Å². The van der Waals surface area contributed by atoms with Crippen LogP contribution in [0.15, 0.2) is 12.1 Å². The molecular formula is C18H25N3O2. The van der Waals surface area contributed by atoms with Crippen LogP contribution in [0.2, 0.25) is 0 Å². The van der Waals surface area contributed by atoms with Gasteiger partial charge in [0.25, 0.3) is 0 Å². The zero-order valence-electron chi connectivity index (χ0n) is 14.3. The fourth-order valence-corrected chi connectivity index (χ4v) is 3.54. The topological polar surface area (TPSA) is 60.5 Å². The van der Waals surface area contributed by atoms with E-state index in [0.29, 0.717) is 6.42 Å². The van der Waals surface area contributed by atoms with Crippen molar-refractivity contribution in [3.05, 3.63) is 34.5 Å². The maximum atomic E-state index is 11.7. The van der Waals surface area contributed by atoms with Crippen LogP contribution in [0.5, 0.6) is 0 Å². The summed E-state index contributed by atoms with van der Waals surface area (Å²) in [5, 5.41) is 1.21. The number of carbonyl (C=O) groups is 1. The summed E-state index contributed by atoms with van der Waals surface area (Å²) in [4.78, 5) is 14.1. The monoisotopic (exact) mass is 315 g/mol. The fraction of sp³-hybridized carbons (Fsp3) is 0.500. The van der Waals surface area contributed by atoms with E-state index in [2.05, 4.69) is 42.5 Å². The molecule has 3 rings (SSSR count). The summed E-state index contributed by atoms with van der Waals surface area (Å²) in [6.45, 7) is 7.35. The summed E-state index contributed by atoms with van der Waals surface area (Å²) < 4.78 is 6.97. The van der Waals surface area contributed by atoms with Crippen LogP contribution < -0.4 is 5.73 Å². The quantitative estimate of drug-likeness (QED) is 0.875. The third kappa shape index (κ3) is 2.64. The second-order valence-corrected chi connectivity index (χ2v) is 6.40. The van der Waals surface area contributed by atoms with E-state index in [1.165, 1.54) is 29.1 Å². The van der Waals surface area contributed by atoms with E-state index in [0.717, 1.165) is 30.9 Å². The summed E-state index contributed by atoms with van der Waals surface area (Å²) in [7, 11) is 3.45. The van der Waals surface area contributed by atoms with Gasteiger partial charge in [-0.1, -0.05) is 6.92 Å². The van der Waals surface area contributed by atoms with Crippen molar-refractivity contribution in [3.8, 4) is 0 Å². The number of esters is 1. The van der Waals surface area contributed by atoms with Crippen molar-refractivity contribution in [2.24, 2.45) is 12.8 Å². The zero-order valence-corrected chi connectivity index (χ0v) is 14.3. The lowest BCUT2D eigenvalue weighted by atomic mass is 10.00. The molecule has 1 aromatic carbocycles. The number of aromatic nitrogens is 1. The molecular weight excluding hydrogens is 290 g/mol. The molecule has 5 heteroatoms. The fourth-order valence-electron chi connectivity index (χ4n) is 3.54. The lowest BCUT2D eigenvalue weighted by molar-refractivity contribution is -0.142. The van der Waals surface area contributed by atoms with E-state index in [4.69, 9.17) is 10.5 Å². The Labute approximate surface area is 137 Å². The number of carbonyl (C=O) groups excluding carboxylic acids is 1. The van der Waals surface area contributed by atoms with Gasteiger partial charge in [-0.2, -0.15) is 0 Å². The molecule has 0 amide bonds. The molecule has 0 saturated heterocycles. The smallest absolute Gasteiger partial charge is 0.322 e. The summed E-state index contributed by atoms with van der Waals surface area (Å²) in [6.07, 6.45) is 0.506. The first-order chi connectivity index (χ1) is 11.0. The van der Waals surface area contributed by atoms with E-state index in [1.807, 2.05) is 0 Å². The first-order valence-corrected chi connectivity index (χ1v) is 8.11. The van der Waals surface area contributed by atoms with Gasteiger partial charge in [0.2, 0.25) is 0 Å². The molecule has 1 atom stereocenters. The van der Waals surface area contributed by atoms with Crippen LogP contribution in [-0.2, 0) is 36.1 Å². The molecule has 1 aliphatic rings. The maximum Gasteiger partial charge on any atom is 0.322 e. The predicted octanol–water partition coefficient (Wildman–Crippen LogP) is 1.87. The maximum absolute atomic E-state index is 11.7. The van der Waals surface area contributed by atoms with Crippen molar-refractivity contribution in [2.45, 2.75) is 39.4 Å². The lowest BCUT2D eigenvalue weighted by Crippen LogP contribution is -2.33. The molecule has 1 unspecified atom stereocenters. The van der Waals surface area contributed by atoms with Crippen molar-refractivity contribution < 1.29 is 9.53 Å². The van der Waals surface area contributed by atoms with Gasteiger partial charge in [0.05, 0.1) is 7.11 Å². The van der Waals surface area contributed by atoms with Gasteiger partial charge in [-0.05, 0) is 42.3 Å². The van der Waals surface area contributed by atoms with Crippen molar-refractivity contribution in [1.29, 1.82) is 0 Å². The minimum Gasteiger partial charge on any atom is -0.468 e. The molecule has 1 aliphatic heterocycles. The van der Waals surface area contributed by atoms with E-state index >= 15 is 0 Å². The van der Waals surface area contributed by atoms with Crippen LogP contribution in [0.25, 0.3) is 10.9 Å². The second-order valence-electron chi connectivity index (χ2n) is 6.40. The SMILES string of the molecule is CCN1Cc2cc3c(CC(N)C(=O)OC)c(C)n(C)c3cc2C1.